The molecule has 0 spiro atoms. The van der Waals surface area contributed by atoms with Crippen LogP contribution in [0.2, 0.25) is 0 Å². The second-order valence-corrected chi connectivity index (χ2v) is 4.59. The molecule has 1 aliphatic rings. The standard InChI is InChI=1S/C13H14N4O/c1-9-8-17-12(18)7-11(15-13(17)16(9)2)10-3-5-14-6-4-10/h3-7,9H,8H2,1-2H3. The van der Waals surface area contributed by atoms with Crippen LogP contribution in [0.4, 0.5) is 5.95 Å². The Bertz CT molecular complexity index is 635. The average Bonchev–Trinajstić information content (AvgIpc) is 2.68. The van der Waals surface area contributed by atoms with E-state index in [4.69, 9.17) is 0 Å². The van der Waals surface area contributed by atoms with Crippen LogP contribution in [-0.2, 0) is 6.54 Å². The zero-order chi connectivity index (χ0) is 12.7. The number of hydrogen-bond acceptors (Lipinski definition) is 4. The van der Waals surface area contributed by atoms with Gasteiger partial charge in [-0.05, 0) is 19.1 Å². The van der Waals surface area contributed by atoms with Gasteiger partial charge in [0, 0.05) is 43.7 Å². The zero-order valence-corrected chi connectivity index (χ0v) is 10.4. The fourth-order valence-corrected chi connectivity index (χ4v) is 2.19. The number of hydrogen-bond donors (Lipinski definition) is 0. The van der Waals surface area contributed by atoms with E-state index in [0.717, 1.165) is 11.5 Å². The highest BCUT2D eigenvalue weighted by Gasteiger charge is 2.25. The Kier molecular flexibility index (Phi) is 2.40. The van der Waals surface area contributed by atoms with Crippen LogP contribution in [0.15, 0.2) is 35.4 Å². The van der Waals surface area contributed by atoms with Crippen LogP contribution < -0.4 is 10.5 Å². The van der Waals surface area contributed by atoms with Crippen LogP contribution in [0.5, 0.6) is 0 Å². The van der Waals surface area contributed by atoms with Gasteiger partial charge in [-0.25, -0.2) is 4.98 Å². The molecule has 0 fully saturated rings. The Balaban J connectivity index is 2.17. The third-order valence-corrected chi connectivity index (χ3v) is 3.39. The molecular weight excluding hydrogens is 228 g/mol. The summed E-state index contributed by atoms with van der Waals surface area (Å²) in [6.45, 7) is 2.79. The van der Waals surface area contributed by atoms with Gasteiger partial charge in [0.05, 0.1) is 5.69 Å². The van der Waals surface area contributed by atoms with Crippen molar-refractivity contribution in [1.29, 1.82) is 0 Å². The second kappa shape index (κ2) is 3.94. The maximum atomic E-state index is 12.1. The summed E-state index contributed by atoms with van der Waals surface area (Å²) in [4.78, 5) is 22.7. The number of nitrogens with zero attached hydrogens (tertiary/aromatic N) is 4. The quantitative estimate of drug-likeness (QED) is 0.752. The summed E-state index contributed by atoms with van der Waals surface area (Å²) < 4.78 is 1.72. The molecule has 0 saturated carbocycles. The van der Waals surface area contributed by atoms with Gasteiger partial charge in [0.15, 0.2) is 0 Å². The summed E-state index contributed by atoms with van der Waals surface area (Å²) >= 11 is 0. The van der Waals surface area contributed by atoms with Crippen molar-refractivity contribution in [2.24, 2.45) is 0 Å². The summed E-state index contributed by atoms with van der Waals surface area (Å²) in [7, 11) is 1.96. The van der Waals surface area contributed by atoms with Gasteiger partial charge >= 0.3 is 0 Å². The summed E-state index contributed by atoms with van der Waals surface area (Å²) in [5, 5.41) is 0. The molecule has 92 valence electrons. The molecule has 0 N–H and O–H groups in total. The molecule has 0 radical (unpaired) electrons. The molecular formula is C13H14N4O. The lowest BCUT2D eigenvalue weighted by atomic mass is 10.2. The average molecular weight is 242 g/mol. The van der Waals surface area contributed by atoms with Gasteiger partial charge in [-0.3, -0.25) is 14.3 Å². The summed E-state index contributed by atoms with van der Waals surface area (Å²) in [5.74, 6) is 0.738. The van der Waals surface area contributed by atoms with E-state index in [2.05, 4.69) is 16.9 Å². The summed E-state index contributed by atoms with van der Waals surface area (Å²) in [5.41, 5.74) is 1.62. The third-order valence-electron chi connectivity index (χ3n) is 3.39. The smallest absolute Gasteiger partial charge is 0.255 e. The van der Waals surface area contributed by atoms with E-state index in [-0.39, 0.29) is 5.56 Å². The molecule has 3 rings (SSSR count). The Morgan fingerprint density at radius 3 is 2.78 bits per heavy atom. The van der Waals surface area contributed by atoms with Crippen molar-refractivity contribution >= 4 is 5.95 Å². The van der Waals surface area contributed by atoms with Crippen molar-refractivity contribution in [3.05, 3.63) is 40.9 Å². The monoisotopic (exact) mass is 242 g/mol. The fourth-order valence-electron chi connectivity index (χ4n) is 2.19. The number of likely N-dealkylation sites (N-methyl/N-ethyl adjacent to an activating group) is 1. The largest absolute Gasteiger partial charge is 0.341 e. The first-order chi connectivity index (χ1) is 8.66. The first-order valence-electron chi connectivity index (χ1n) is 5.92. The predicted molar refractivity (Wildman–Crippen MR) is 69.6 cm³/mol. The highest BCUT2D eigenvalue weighted by atomic mass is 16.1. The number of aromatic nitrogens is 3. The maximum Gasteiger partial charge on any atom is 0.255 e. The Morgan fingerprint density at radius 2 is 2.06 bits per heavy atom. The van der Waals surface area contributed by atoms with Crippen LogP contribution >= 0.6 is 0 Å². The number of anilines is 1. The van der Waals surface area contributed by atoms with Gasteiger partial charge in [-0.15, -0.1) is 0 Å². The normalized spacial score (nSPS) is 17.9. The number of rotatable bonds is 1. The molecule has 1 atom stereocenters. The van der Waals surface area contributed by atoms with Crippen LogP contribution in [0, 0.1) is 0 Å². The van der Waals surface area contributed by atoms with E-state index in [9.17, 15) is 4.79 Å². The lowest BCUT2D eigenvalue weighted by molar-refractivity contribution is 0.641. The van der Waals surface area contributed by atoms with E-state index in [1.54, 1.807) is 23.0 Å². The molecule has 1 unspecified atom stereocenters. The first kappa shape index (κ1) is 11.0. The van der Waals surface area contributed by atoms with E-state index in [1.165, 1.54) is 0 Å². The molecule has 18 heavy (non-hydrogen) atoms. The Labute approximate surface area is 105 Å². The fraction of sp³-hybridized carbons (Fsp3) is 0.308. The number of fused-ring (bicyclic) bond motifs is 1. The van der Waals surface area contributed by atoms with Crippen LogP contribution in [0.1, 0.15) is 6.92 Å². The van der Waals surface area contributed by atoms with Crippen LogP contribution in [-0.4, -0.2) is 27.6 Å². The first-order valence-corrected chi connectivity index (χ1v) is 5.92. The second-order valence-electron chi connectivity index (χ2n) is 4.59. The van der Waals surface area contributed by atoms with Gasteiger partial charge in [0.2, 0.25) is 5.95 Å². The van der Waals surface area contributed by atoms with Gasteiger partial charge in [0.1, 0.15) is 0 Å². The van der Waals surface area contributed by atoms with Gasteiger partial charge in [-0.2, -0.15) is 0 Å². The van der Waals surface area contributed by atoms with Gasteiger partial charge in [-0.1, -0.05) is 0 Å². The van der Waals surface area contributed by atoms with Crippen LogP contribution in [0.3, 0.4) is 0 Å². The molecule has 0 bridgehead atoms. The predicted octanol–water partition coefficient (Wildman–Crippen LogP) is 1.14. The topological polar surface area (TPSA) is 51.0 Å². The molecule has 0 amide bonds. The van der Waals surface area contributed by atoms with Gasteiger partial charge in [0.25, 0.3) is 5.56 Å². The lowest BCUT2D eigenvalue weighted by Crippen LogP contribution is -2.24. The Hall–Kier alpha value is -2.17. The molecule has 2 aromatic rings. The molecule has 0 aliphatic carbocycles. The number of pyridine rings is 1. The SMILES string of the molecule is CC1Cn2c(nc(-c3ccncc3)cc2=O)N1C. The highest BCUT2D eigenvalue weighted by Crippen LogP contribution is 2.23. The molecule has 0 saturated heterocycles. The molecule has 1 aliphatic heterocycles. The Morgan fingerprint density at radius 1 is 1.33 bits per heavy atom. The summed E-state index contributed by atoms with van der Waals surface area (Å²) in [6.07, 6.45) is 3.41. The molecule has 5 heteroatoms. The summed E-state index contributed by atoms with van der Waals surface area (Å²) in [6, 6.07) is 5.61. The maximum absolute atomic E-state index is 12.1. The third kappa shape index (κ3) is 1.59. The molecule has 0 aromatic carbocycles. The van der Waals surface area contributed by atoms with Crippen molar-refractivity contribution in [2.45, 2.75) is 19.5 Å². The molecule has 5 nitrogen and oxygen atoms in total. The minimum atomic E-state index is 0.00279. The van der Waals surface area contributed by atoms with E-state index < -0.39 is 0 Å². The van der Waals surface area contributed by atoms with Gasteiger partial charge < -0.3 is 4.90 Å². The minimum Gasteiger partial charge on any atom is -0.341 e. The lowest BCUT2D eigenvalue weighted by Gasteiger charge is -2.15. The van der Waals surface area contributed by atoms with E-state index in [0.29, 0.717) is 18.3 Å². The highest BCUT2D eigenvalue weighted by molar-refractivity contribution is 5.60. The minimum absolute atomic E-state index is 0.00279. The van der Waals surface area contributed by atoms with E-state index in [1.807, 2.05) is 24.1 Å². The van der Waals surface area contributed by atoms with Crippen LogP contribution in [0.25, 0.3) is 11.3 Å². The molecule has 3 heterocycles. The van der Waals surface area contributed by atoms with Crippen molar-refractivity contribution in [1.82, 2.24) is 14.5 Å². The van der Waals surface area contributed by atoms with Crippen molar-refractivity contribution < 1.29 is 0 Å². The van der Waals surface area contributed by atoms with Crippen molar-refractivity contribution in [3.63, 3.8) is 0 Å². The zero-order valence-electron chi connectivity index (χ0n) is 10.4. The van der Waals surface area contributed by atoms with E-state index >= 15 is 0 Å². The van der Waals surface area contributed by atoms with Crippen molar-refractivity contribution in [2.75, 3.05) is 11.9 Å². The molecule has 2 aromatic heterocycles. The van der Waals surface area contributed by atoms with Crippen molar-refractivity contribution in [3.8, 4) is 11.3 Å².